The number of fused-ring (bicyclic) bond motifs is 3. The molecule has 1 saturated carbocycles. The Kier molecular flexibility index (Phi) is 8.52. The number of rotatable bonds is 8. The van der Waals surface area contributed by atoms with Crippen molar-refractivity contribution in [1.82, 2.24) is 4.90 Å². The van der Waals surface area contributed by atoms with Crippen LogP contribution in [0.5, 0.6) is 5.75 Å². The molecule has 1 aromatic rings. The fourth-order valence-electron chi connectivity index (χ4n) is 6.55. The number of carbonyl (C=O) groups excluding carboxylic acids is 5. The normalized spacial score (nSPS) is 28.0. The van der Waals surface area contributed by atoms with Crippen LogP contribution in [0.2, 0.25) is 0 Å². The summed E-state index contributed by atoms with van der Waals surface area (Å²) in [6, 6.07) is -0.447. The number of anilines is 1. The minimum Gasteiger partial charge on any atom is -0.508 e. The molecule has 0 saturated heterocycles. The number of aromatic hydroxyl groups is 1. The van der Waals surface area contributed by atoms with Gasteiger partial charge in [0.05, 0.1) is 42.5 Å². The minimum atomic E-state index is -3.06. The molecule has 0 bridgehead atoms. The van der Waals surface area contributed by atoms with Gasteiger partial charge in [0.15, 0.2) is 11.4 Å². The lowest BCUT2D eigenvalue weighted by Crippen LogP contribution is -2.70. The van der Waals surface area contributed by atoms with Crippen LogP contribution in [0, 0.1) is 11.8 Å². The fraction of sp³-hybridized carbons (Fsp3) is 0.483. The molecule has 0 aromatic heterocycles. The van der Waals surface area contributed by atoms with Crippen LogP contribution in [-0.4, -0.2) is 111 Å². The summed E-state index contributed by atoms with van der Waals surface area (Å²) in [6.07, 6.45) is -1.75. The lowest BCUT2D eigenvalue weighted by Gasteiger charge is -2.53. The minimum absolute atomic E-state index is 0.0637. The van der Waals surface area contributed by atoms with Gasteiger partial charge in [0.25, 0.3) is 5.91 Å². The van der Waals surface area contributed by atoms with Crippen molar-refractivity contribution >= 4 is 40.9 Å². The smallest absolute Gasteiger partial charge is 0.340 e. The van der Waals surface area contributed by atoms with Crippen molar-refractivity contribution in [2.45, 2.75) is 50.5 Å². The first-order chi connectivity index (χ1) is 20.6. The molecule has 44 heavy (non-hydrogen) atoms. The molecule has 15 heteroatoms. The summed E-state index contributed by atoms with van der Waals surface area (Å²) < 4.78 is 9.86. The standard InChI is InChI=1S/C29H35N3O12/c1-6-43-27(40)18(28(41)44-7-2)31-12-9-8-11-10(3)13-15(21(34)14(11)20(12)33)24(37)29(42)17(22(13)35)19(32(4)5)23(36)16(25(29)38)26(30)39/h8-10,13,17-19,22,31,33-35,38,42H,6-7H2,1-5H3,(H2,30,39)/t10-,13+,17+,19-,22-,29-/m0/s1. The number of ketones is 2. The monoisotopic (exact) mass is 617 g/mol. The van der Waals surface area contributed by atoms with Gasteiger partial charge in [0.1, 0.15) is 22.8 Å². The summed E-state index contributed by atoms with van der Waals surface area (Å²) in [4.78, 5) is 65.8. The number of hydrogen-bond donors (Lipinski definition) is 7. The zero-order valence-electron chi connectivity index (χ0n) is 24.7. The average molecular weight is 618 g/mol. The van der Waals surface area contributed by atoms with E-state index in [1.165, 1.54) is 45.0 Å². The molecule has 1 amide bonds. The largest absolute Gasteiger partial charge is 0.508 e. The SMILES string of the molecule is CCOC(=O)C(Nc1ccc2c(c1O)C(O)=C1C(=O)[C@]3(O)C(O)=C(C(N)=O)C(=O)[C@@H](N(C)C)[C@@H]3[C@@H](O)[C@@H]1[C@H]2C)C(=O)OCC. The highest BCUT2D eigenvalue weighted by molar-refractivity contribution is 6.24. The van der Waals surface area contributed by atoms with E-state index in [0.717, 1.165) is 0 Å². The van der Waals surface area contributed by atoms with E-state index in [1.807, 2.05) is 0 Å². The van der Waals surface area contributed by atoms with Crippen molar-refractivity contribution in [3.05, 3.63) is 40.2 Å². The number of hydrogen-bond acceptors (Lipinski definition) is 14. The number of amides is 1. The van der Waals surface area contributed by atoms with Gasteiger partial charge in [-0.3, -0.25) is 19.3 Å². The van der Waals surface area contributed by atoms with Crippen LogP contribution in [0.1, 0.15) is 37.8 Å². The molecule has 0 aliphatic heterocycles. The number of nitrogens with one attached hydrogen (secondary N) is 1. The van der Waals surface area contributed by atoms with Crippen LogP contribution in [0.4, 0.5) is 5.69 Å². The molecule has 1 fully saturated rings. The van der Waals surface area contributed by atoms with E-state index < -0.39 is 99.4 Å². The maximum Gasteiger partial charge on any atom is 0.340 e. The van der Waals surface area contributed by atoms with Crippen LogP contribution in [0.3, 0.4) is 0 Å². The van der Waals surface area contributed by atoms with Gasteiger partial charge in [-0.1, -0.05) is 13.0 Å². The van der Waals surface area contributed by atoms with E-state index in [0.29, 0.717) is 0 Å². The number of aliphatic hydroxyl groups excluding tert-OH is 3. The molecule has 3 aliphatic carbocycles. The van der Waals surface area contributed by atoms with Gasteiger partial charge in [0.2, 0.25) is 11.8 Å². The molecular formula is C29H35N3O12. The summed E-state index contributed by atoms with van der Waals surface area (Å²) in [5.74, 6) is -12.5. The van der Waals surface area contributed by atoms with Gasteiger partial charge < -0.3 is 46.1 Å². The summed E-state index contributed by atoms with van der Waals surface area (Å²) >= 11 is 0. The molecule has 4 rings (SSSR count). The van der Waals surface area contributed by atoms with E-state index in [1.54, 1.807) is 6.92 Å². The highest BCUT2D eigenvalue weighted by Crippen LogP contribution is 2.56. The third kappa shape index (κ3) is 4.58. The number of phenolic OH excluding ortho intramolecular Hbond substituents is 1. The number of esters is 2. The number of aliphatic hydroxyl groups is 4. The second-order valence-electron chi connectivity index (χ2n) is 11.1. The van der Waals surface area contributed by atoms with Crippen molar-refractivity contribution in [2.75, 3.05) is 32.6 Å². The zero-order valence-corrected chi connectivity index (χ0v) is 24.7. The molecule has 0 unspecified atom stereocenters. The summed E-state index contributed by atoms with van der Waals surface area (Å²) in [5.41, 5.74) is 0.336. The van der Waals surface area contributed by atoms with Gasteiger partial charge in [-0.05, 0) is 45.5 Å². The summed E-state index contributed by atoms with van der Waals surface area (Å²) in [7, 11) is 2.83. The molecule has 0 spiro atoms. The molecule has 0 radical (unpaired) electrons. The number of likely N-dealkylation sites (N-methyl/N-ethyl adjacent to an activating group) is 1. The number of nitrogens with zero attached hydrogens (tertiary/aromatic N) is 1. The Bertz CT molecular complexity index is 1500. The predicted octanol–water partition coefficient (Wildman–Crippen LogP) is -0.597. The van der Waals surface area contributed by atoms with Crippen molar-refractivity contribution in [3.8, 4) is 5.75 Å². The van der Waals surface area contributed by atoms with E-state index in [-0.39, 0.29) is 30.0 Å². The number of primary amides is 1. The van der Waals surface area contributed by atoms with Crippen LogP contribution in [0.15, 0.2) is 29.0 Å². The van der Waals surface area contributed by atoms with E-state index in [4.69, 9.17) is 15.2 Å². The molecule has 1 aromatic carbocycles. The zero-order chi connectivity index (χ0) is 33.0. The van der Waals surface area contributed by atoms with Crippen molar-refractivity contribution in [2.24, 2.45) is 17.6 Å². The first-order valence-electron chi connectivity index (χ1n) is 13.9. The van der Waals surface area contributed by atoms with Gasteiger partial charge >= 0.3 is 11.9 Å². The lowest BCUT2D eigenvalue weighted by molar-refractivity contribution is -0.169. The van der Waals surface area contributed by atoms with Crippen molar-refractivity contribution in [3.63, 3.8) is 0 Å². The fourth-order valence-corrected chi connectivity index (χ4v) is 6.55. The Morgan fingerprint density at radius 2 is 1.64 bits per heavy atom. The topological polar surface area (TPSA) is 246 Å². The Hall–Kier alpha value is -4.47. The highest BCUT2D eigenvalue weighted by atomic mass is 16.6. The molecule has 15 nitrogen and oxygen atoms in total. The van der Waals surface area contributed by atoms with Crippen LogP contribution in [0.25, 0.3) is 5.76 Å². The molecule has 238 valence electrons. The van der Waals surface area contributed by atoms with Crippen LogP contribution < -0.4 is 11.1 Å². The first kappa shape index (κ1) is 32.4. The molecule has 0 heterocycles. The second kappa shape index (κ2) is 11.6. The molecular weight excluding hydrogens is 582 g/mol. The Morgan fingerprint density at radius 1 is 1.07 bits per heavy atom. The van der Waals surface area contributed by atoms with Crippen LogP contribution >= 0.6 is 0 Å². The molecule has 8 N–H and O–H groups in total. The van der Waals surface area contributed by atoms with Gasteiger partial charge in [-0.2, -0.15) is 0 Å². The summed E-state index contributed by atoms with van der Waals surface area (Å²) in [6.45, 7) is 4.49. The number of nitrogens with two attached hydrogens (primary N) is 1. The maximum absolute atomic E-state index is 14.1. The predicted molar refractivity (Wildman–Crippen MR) is 151 cm³/mol. The quantitative estimate of drug-likeness (QED) is 0.0834. The third-order valence-corrected chi connectivity index (χ3v) is 8.47. The van der Waals surface area contributed by atoms with E-state index in [2.05, 4.69) is 5.32 Å². The Balaban J connectivity index is 1.92. The molecule has 6 atom stereocenters. The number of carbonyl (C=O) groups is 5. The third-order valence-electron chi connectivity index (χ3n) is 8.47. The van der Waals surface area contributed by atoms with Gasteiger partial charge in [-0.25, -0.2) is 9.59 Å². The van der Waals surface area contributed by atoms with Gasteiger partial charge in [0, 0.05) is 11.5 Å². The Labute approximate surface area is 251 Å². The molecule has 3 aliphatic rings. The van der Waals surface area contributed by atoms with E-state index in [9.17, 15) is 49.5 Å². The van der Waals surface area contributed by atoms with Gasteiger partial charge in [-0.15, -0.1) is 0 Å². The number of benzene rings is 1. The summed E-state index contributed by atoms with van der Waals surface area (Å²) in [5, 5.41) is 59.7. The first-order valence-corrected chi connectivity index (χ1v) is 13.9. The number of Topliss-reactive ketones (excluding diaryl/α,β-unsaturated/α-hetero) is 2. The van der Waals surface area contributed by atoms with Crippen molar-refractivity contribution in [1.29, 1.82) is 0 Å². The number of phenols is 1. The van der Waals surface area contributed by atoms with E-state index >= 15 is 0 Å². The lowest BCUT2D eigenvalue weighted by atomic mass is 9.54. The Morgan fingerprint density at radius 3 is 2.14 bits per heavy atom. The maximum atomic E-state index is 14.1. The van der Waals surface area contributed by atoms with Crippen LogP contribution in [-0.2, 0) is 33.4 Å². The second-order valence-corrected chi connectivity index (χ2v) is 11.1. The van der Waals surface area contributed by atoms with Crippen molar-refractivity contribution < 1.29 is 59.0 Å². The average Bonchev–Trinajstić information content (AvgIpc) is 2.94. The number of ether oxygens (including phenoxy) is 2. The highest BCUT2D eigenvalue weighted by Gasteiger charge is 2.68.